The van der Waals surface area contributed by atoms with Crippen molar-refractivity contribution in [2.24, 2.45) is 0 Å². The summed E-state index contributed by atoms with van der Waals surface area (Å²) in [5.41, 5.74) is 13.8. The van der Waals surface area contributed by atoms with Crippen LogP contribution in [-0.4, -0.2) is 0 Å². The van der Waals surface area contributed by atoms with Gasteiger partial charge in [0.15, 0.2) is 0 Å². The summed E-state index contributed by atoms with van der Waals surface area (Å²) in [4.78, 5) is 0. The van der Waals surface area contributed by atoms with E-state index in [9.17, 15) is 0 Å². The van der Waals surface area contributed by atoms with Crippen LogP contribution in [0.1, 0.15) is 25.0 Å². The molecule has 9 aromatic carbocycles. The summed E-state index contributed by atoms with van der Waals surface area (Å²) < 4.78 is 13.4. The minimum absolute atomic E-state index is 0.0718. The molecule has 1 aliphatic rings. The second kappa shape index (κ2) is 10.2. The van der Waals surface area contributed by atoms with Gasteiger partial charge in [-0.05, 0) is 102 Å². The van der Waals surface area contributed by atoms with E-state index in [1.807, 2.05) is 0 Å². The highest BCUT2D eigenvalue weighted by Crippen LogP contribution is 2.54. The van der Waals surface area contributed by atoms with Crippen LogP contribution in [0.15, 0.2) is 167 Å². The Labute approximate surface area is 305 Å². The molecular weight excluding hydrogens is 645 g/mol. The number of benzene rings is 9. The molecule has 11 aromatic rings. The maximum Gasteiger partial charge on any atom is 0.147 e. The molecule has 0 radical (unpaired) electrons. The molecule has 0 N–H and O–H groups in total. The Kier molecular flexibility index (Phi) is 5.60. The molecule has 0 spiro atoms. The summed E-state index contributed by atoms with van der Waals surface area (Å²) in [7, 11) is 0. The van der Waals surface area contributed by atoms with E-state index in [-0.39, 0.29) is 5.41 Å². The zero-order valence-electron chi connectivity index (χ0n) is 29.3. The summed E-state index contributed by atoms with van der Waals surface area (Å²) in [5, 5.41) is 11.6. The number of furan rings is 2. The van der Waals surface area contributed by atoms with Gasteiger partial charge in [0.05, 0.1) is 5.39 Å². The molecule has 2 nitrogen and oxygen atoms in total. The Balaban J connectivity index is 1.12. The van der Waals surface area contributed by atoms with Crippen LogP contribution in [0.5, 0.6) is 0 Å². The lowest BCUT2D eigenvalue weighted by Crippen LogP contribution is -2.14. The fraction of sp³-hybridized carbons (Fsp3) is 0.0588. The first-order valence-corrected chi connectivity index (χ1v) is 18.4. The SMILES string of the molecule is CC1(C)c2ccccc2-c2c(-c3c4ccccc4c(-c4ccc5c(c4)oc4c5ccc5oc6c7ccccc7ccc6c54)c4ccccc34)cccc21. The Bertz CT molecular complexity index is 3310. The van der Waals surface area contributed by atoms with Gasteiger partial charge in [-0.3, -0.25) is 0 Å². The normalized spacial score (nSPS) is 13.6. The highest BCUT2D eigenvalue weighted by atomic mass is 16.3. The van der Waals surface area contributed by atoms with E-state index in [2.05, 4.69) is 172 Å². The molecule has 248 valence electrons. The zero-order valence-corrected chi connectivity index (χ0v) is 29.3. The molecule has 2 heteroatoms. The van der Waals surface area contributed by atoms with Crippen LogP contribution in [0.2, 0.25) is 0 Å². The molecule has 0 saturated heterocycles. The standard InChI is InChI=1S/C51H32O2/c1-51(2)41-20-10-9-18-38(41)47-39(19-11-21-42(47)51)46-35-16-7-5-14-33(35)45(34-15-6-8-17-36(34)46)30-23-24-32-37-26-27-43-48(50(37)53-44(32)28-30)40-25-22-29-12-3-4-13-31(29)49(40)52-43/h3-28H,1-2H3. The van der Waals surface area contributed by atoms with Crippen molar-refractivity contribution in [2.45, 2.75) is 19.3 Å². The van der Waals surface area contributed by atoms with Gasteiger partial charge in [-0.2, -0.15) is 0 Å². The molecule has 0 fully saturated rings. The third-order valence-electron chi connectivity index (χ3n) is 12.1. The minimum atomic E-state index is -0.0718. The molecule has 2 heterocycles. The lowest BCUT2D eigenvalue weighted by Gasteiger charge is -2.22. The monoisotopic (exact) mass is 676 g/mol. The first-order valence-electron chi connectivity index (χ1n) is 18.4. The average molecular weight is 677 g/mol. The third-order valence-corrected chi connectivity index (χ3v) is 12.1. The molecule has 12 rings (SSSR count). The molecule has 0 bridgehead atoms. The van der Waals surface area contributed by atoms with Gasteiger partial charge in [-0.15, -0.1) is 0 Å². The van der Waals surface area contributed by atoms with Gasteiger partial charge >= 0.3 is 0 Å². The van der Waals surface area contributed by atoms with Gasteiger partial charge < -0.3 is 8.83 Å². The molecule has 0 unspecified atom stereocenters. The first-order chi connectivity index (χ1) is 26.1. The smallest absolute Gasteiger partial charge is 0.147 e. The van der Waals surface area contributed by atoms with E-state index in [0.29, 0.717) is 0 Å². The number of hydrogen-bond acceptors (Lipinski definition) is 2. The molecule has 0 amide bonds. The highest BCUT2D eigenvalue weighted by Gasteiger charge is 2.37. The van der Waals surface area contributed by atoms with Gasteiger partial charge in [0, 0.05) is 27.0 Å². The highest BCUT2D eigenvalue weighted by molar-refractivity contribution is 6.26. The number of rotatable bonds is 2. The fourth-order valence-electron chi connectivity index (χ4n) is 9.67. The van der Waals surface area contributed by atoms with Crippen molar-refractivity contribution in [2.75, 3.05) is 0 Å². The van der Waals surface area contributed by atoms with E-state index < -0.39 is 0 Å². The van der Waals surface area contributed by atoms with Gasteiger partial charge in [-0.25, -0.2) is 0 Å². The van der Waals surface area contributed by atoms with E-state index in [4.69, 9.17) is 8.83 Å². The average Bonchev–Trinajstić information content (AvgIpc) is 3.84. The molecular formula is C51H32O2. The van der Waals surface area contributed by atoms with Crippen LogP contribution in [0.25, 0.3) is 110 Å². The third kappa shape index (κ3) is 3.77. The lowest BCUT2D eigenvalue weighted by molar-refractivity contribution is 0.660. The fourth-order valence-corrected chi connectivity index (χ4v) is 9.67. The van der Waals surface area contributed by atoms with E-state index in [1.54, 1.807) is 0 Å². The van der Waals surface area contributed by atoms with E-state index >= 15 is 0 Å². The van der Waals surface area contributed by atoms with Crippen molar-refractivity contribution in [1.29, 1.82) is 0 Å². The molecule has 0 atom stereocenters. The quantitative estimate of drug-likeness (QED) is 0.170. The van der Waals surface area contributed by atoms with Crippen LogP contribution >= 0.6 is 0 Å². The second-order valence-electron chi connectivity index (χ2n) is 15.1. The van der Waals surface area contributed by atoms with Crippen LogP contribution in [0, 0.1) is 0 Å². The van der Waals surface area contributed by atoms with Crippen LogP contribution in [0.3, 0.4) is 0 Å². The van der Waals surface area contributed by atoms with Crippen LogP contribution in [-0.2, 0) is 5.41 Å². The summed E-state index contributed by atoms with van der Waals surface area (Å²) in [6, 6.07) is 57.5. The Morgan fingerprint density at radius 1 is 0.377 bits per heavy atom. The van der Waals surface area contributed by atoms with Crippen LogP contribution in [0.4, 0.5) is 0 Å². The topological polar surface area (TPSA) is 26.3 Å². The predicted molar refractivity (Wildman–Crippen MR) is 222 cm³/mol. The molecule has 0 saturated carbocycles. The van der Waals surface area contributed by atoms with Gasteiger partial charge in [-0.1, -0.05) is 141 Å². The molecule has 2 aromatic heterocycles. The van der Waals surface area contributed by atoms with Crippen molar-refractivity contribution in [3.8, 4) is 33.4 Å². The molecule has 0 aliphatic heterocycles. The van der Waals surface area contributed by atoms with Crippen LogP contribution < -0.4 is 0 Å². The largest absolute Gasteiger partial charge is 0.455 e. The predicted octanol–water partition coefficient (Wildman–Crippen LogP) is 14.6. The van der Waals surface area contributed by atoms with E-state index in [0.717, 1.165) is 54.8 Å². The summed E-state index contributed by atoms with van der Waals surface area (Å²) in [6.07, 6.45) is 0. The first kappa shape index (κ1) is 29.0. The van der Waals surface area contributed by atoms with Gasteiger partial charge in [0.1, 0.15) is 22.3 Å². The number of hydrogen-bond donors (Lipinski definition) is 0. The second-order valence-corrected chi connectivity index (χ2v) is 15.1. The van der Waals surface area contributed by atoms with Crippen molar-refractivity contribution in [3.63, 3.8) is 0 Å². The zero-order chi connectivity index (χ0) is 35.0. The Hall–Kier alpha value is -6.64. The van der Waals surface area contributed by atoms with Crippen molar-refractivity contribution < 1.29 is 8.83 Å². The lowest BCUT2D eigenvalue weighted by atomic mass is 9.80. The Morgan fingerprint density at radius 2 is 0.981 bits per heavy atom. The maximum absolute atomic E-state index is 6.87. The summed E-state index contributed by atoms with van der Waals surface area (Å²) >= 11 is 0. The Morgan fingerprint density at radius 3 is 1.77 bits per heavy atom. The number of fused-ring (bicyclic) bond motifs is 14. The summed E-state index contributed by atoms with van der Waals surface area (Å²) in [6.45, 7) is 4.72. The van der Waals surface area contributed by atoms with Crippen molar-refractivity contribution >= 4 is 76.2 Å². The van der Waals surface area contributed by atoms with Crippen molar-refractivity contribution in [1.82, 2.24) is 0 Å². The minimum Gasteiger partial charge on any atom is -0.455 e. The molecule has 1 aliphatic carbocycles. The maximum atomic E-state index is 6.87. The summed E-state index contributed by atoms with van der Waals surface area (Å²) in [5.74, 6) is 0. The van der Waals surface area contributed by atoms with Gasteiger partial charge in [0.2, 0.25) is 0 Å². The van der Waals surface area contributed by atoms with Crippen molar-refractivity contribution in [3.05, 3.63) is 169 Å². The molecule has 53 heavy (non-hydrogen) atoms. The van der Waals surface area contributed by atoms with E-state index in [1.165, 1.54) is 65.9 Å². The van der Waals surface area contributed by atoms with Gasteiger partial charge in [0.25, 0.3) is 0 Å².